The van der Waals surface area contributed by atoms with Crippen LogP contribution in [0.5, 0.6) is 0 Å². The lowest BCUT2D eigenvalue weighted by molar-refractivity contribution is -0.138. The molecule has 0 radical (unpaired) electrons. The fourth-order valence-electron chi connectivity index (χ4n) is 0.632. The van der Waals surface area contributed by atoms with Crippen molar-refractivity contribution in [2.75, 3.05) is 6.54 Å². The molecular formula is C6H17I3N2O2. The summed E-state index contributed by atoms with van der Waals surface area (Å²) < 4.78 is 0. The number of carboxylic acid groups (broad SMARTS) is 1. The number of hydrogen-bond donors (Lipinski definition) is 3. The highest BCUT2D eigenvalue weighted by Crippen LogP contribution is 1.96. The lowest BCUT2D eigenvalue weighted by Gasteiger charge is -2.03. The zero-order chi connectivity index (χ0) is 7.98. The van der Waals surface area contributed by atoms with Gasteiger partial charge in [-0.25, -0.2) is 0 Å². The molecule has 0 heterocycles. The van der Waals surface area contributed by atoms with Crippen LogP contribution in [0.1, 0.15) is 19.3 Å². The minimum atomic E-state index is -0.933. The summed E-state index contributed by atoms with van der Waals surface area (Å²) >= 11 is 0. The summed E-state index contributed by atoms with van der Waals surface area (Å²) in [6.07, 6.45) is 2.16. The molecule has 13 heavy (non-hydrogen) atoms. The van der Waals surface area contributed by atoms with Crippen molar-refractivity contribution in [2.24, 2.45) is 11.5 Å². The molecule has 7 heteroatoms. The molecule has 0 saturated carbocycles. The van der Waals surface area contributed by atoms with Gasteiger partial charge in [0, 0.05) is 0 Å². The SMILES string of the molecule is I.I.I.NCCCCC(N)C(=O)O. The summed E-state index contributed by atoms with van der Waals surface area (Å²) in [6, 6.07) is -0.716. The molecule has 4 nitrogen and oxygen atoms in total. The highest BCUT2D eigenvalue weighted by Gasteiger charge is 2.09. The quantitative estimate of drug-likeness (QED) is 0.371. The van der Waals surface area contributed by atoms with Crippen molar-refractivity contribution < 1.29 is 9.90 Å². The summed E-state index contributed by atoms with van der Waals surface area (Å²) in [7, 11) is 0. The predicted molar refractivity (Wildman–Crippen MR) is 84.8 cm³/mol. The minimum absolute atomic E-state index is 0. The Hall–Kier alpha value is 1.58. The molecule has 0 aliphatic heterocycles. The van der Waals surface area contributed by atoms with Gasteiger partial charge in [-0.05, 0) is 19.4 Å². The Balaban J connectivity index is -0.000000135. The van der Waals surface area contributed by atoms with Gasteiger partial charge in [0.25, 0.3) is 0 Å². The van der Waals surface area contributed by atoms with E-state index in [2.05, 4.69) is 0 Å². The molecule has 5 N–H and O–H groups in total. The van der Waals surface area contributed by atoms with Crippen molar-refractivity contribution in [3.63, 3.8) is 0 Å². The monoisotopic (exact) mass is 530 g/mol. The minimum Gasteiger partial charge on any atom is -0.480 e. The second kappa shape index (κ2) is 16.0. The van der Waals surface area contributed by atoms with Crippen molar-refractivity contribution in [1.82, 2.24) is 0 Å². The molecule has 0 aliphatic carbocycles. The van der Waals surface area contributed by atoms with Gasteiger partial charge in [-0.1, -0.05) is 6.42 Å². The Bertz CT molecular complexity index is 116. The summed E-state index contributed by atoms with van der Waals surface area (Å²) in [5.41, 5.74) is 10.4. The molecule has 1 atom stereocenters. The molecule has 84 valence electrons. The maximum absolute atomic E-state index is 10.1. The molecule has 0 amide bonds. The number of halogens is 3. The van der Waals surface area contributed by atoms with Crippen molar-refractivity contribution in [3.8, 4) is 0 Å². The van der Waals surface area contributed by atoms with Crippen LogP contribution in [-0.4, -0.2) is 23.7 Å². The normalized spacial score (nSPS) is 10.0. The van der Waals surface area contributed by atoms with Crippen LogP contribution in [0.25, 0.3) is 0 Å². The third-order valence-corrected chi connectivity index (χ3v) is 1.29. The Kier molecular flexibility index (Phi) is 29.6. The van der Waals surface area contributed by atoms with Gasteiger partial charge >= 0.3 is 5.97 Å². The topological polar surface area (TPSA) is 89.3 Å². The highest BCUT2D eigenvalue weighted by atomic mass is 127. The number of aliphatic carboxylic acids is 1. The van der Waals surface area contributed by atoms with Crippen molar-refractivity contribution in [3.05, 3.63) is 0 Å². The number of carbonyl (C=O) groups is 1. The summed E-state index contributed by atoms with van der Waals surface area (Å²) in [6.45, 7) is 0.604. The third-order valence-electron chi connectivity index (χ3n) is 1.29. The zero-order valence-electron chi connectivity index (χ0n) is 7.14. The van der Waals surface area contributed by atoms with Crippen LogP contribution in [0.4, 0.5) is 0 Å². The van der Waals surface area contributed by atoms with E-state index in [1.165, 1.54) is 0 Å². The van der Waals surface area contributed by atoms with E-state index in [1.807, 2.05) is 0 Å². The standard InChI is InChI=1S/C6H14N2O2.3HI/c7-4-2-1-3-5(8)6(9)10;;;/h5H,1-4,7-8H2,(H,9,10);3*1H. The first-order valence-corrected chi connectivity index (χ1v) is 3.37. The first-order valence-electron chi connectivity index (χ1n) is 3.37. The van der Waals surface area contributed by atoms with Gasteiger partial charge in [0.1, 0.15) is 6.04 Å². The second-order valence-electron chi connectivity index (χ2n) is 2.23. The van der Waals surface area contributed by atoms with Crippen LogP contribution < -0.4 is 11.5 Å². The molecular weight excluding hydrogens is 513 g/mol. The molecule has 0 aromatic rings. The van der Waals surface area contributed by atoms with Crippen molar-refractivity contribution >= 4 is 77.9 Å². The Morgan fingerprint density at radius 2 is 1.69 bits per heavy atom. The van der Waals surface area contributed by atoms with E-state index in [0.29, 0.717) is 13.0 Å². The molecule has 0 rings (SSSR count). The van der Waals surface area contributed by atoms with Crippen LogP contribution in [-0.2, 0) is 4.79 Å². The summed E-state index contributed by atoms with van der Waals surface area (Å²) in [5.74, 6) is -0.933. The Labute approximate surface area is 130 Å². The van der Waals surface area contributed by atoms with Gasteiger partial charge in [-0.2, -0.15) is 0 Å². The molecule has 1 unspecified atom stereocenters. The van der Waals surface area contributed by atoms with E-state index in [0.717, 1.165) is 12.8 Å². The van der Waals surface area contributed by atoms with E-state index < -0.39 is 12.0 Å². The highest BCUT2D eigenvalue weighted by molar-refractivity contribution is 14.0. The molecule has 0 aliphatic rings. The number of unbranched alkanes of at least 4 members (excludes halogenated alkanes) is 1. The second-order valence-corrected chi connectivity index (χ2v) is 2.23. The Morgan fingerprint density at radius 1 is 1.23 bits per heavy atom. The smallest absolute Gasteiger partial charge is 0.320 e. The number of carboxylic acids is 1. The zero-order valence-corrected chi connectivity index (χ0v) is 14.1. The fourth-order valence-corrected chi connectivity index (χ4v) is 0.632. The predicted octanol–water partition coefficient (Wildman–Crippen LogP) is 1.38. The van der Waals surface area contributed by atoms with Crippen molar-refractivity contribution in [1.29, 1.82) is 0 Å². The molecule has 0 saturated heterocycles. The lowest BCUT2D eigenvalue weighted by Crippen LogP contribution is -2.29. The molecule has 0 bridgehead atoms. The van der Waals surface area contributed by atoms with Gasteiger partial charge in [0.15, 0.2) is 0 Å². The lowest BCUT2D eigenvalue weighted by atomic mass is 10.1. The summed E-state index contributed by atoms with van der Waals surface area (Å²) in [4.78, 5) is 10.1. The third kappa shape index (κ3) is 16.3. The van der Waals surface area contributed by atoms with Crippen LogP contribution in [0.2, 0.25) is 0 Å². The van der Waals surface area contributed by atoms with E-state index in [1.54, 1.807) is 0 Å². The average molecular weight is 530 g/mol. The van der Waals surface area contributed by atoms with E-state index in [9.17, 15) is 4.79 Å². The Morgan fingerprint density at radius 3 is 2.00 bits per heavy atom. The van der Waals surface area contributed by atoms with E-state index in [-0.39, 0.29) is 71.9 Å². The van der Waals surface area contributed by atoms with E-state index in [4.69, 9.17) is 16.6 Å². The van der Waals surface area contributed by atoms with Crippen LogP contribution in [0.15, 0.2) is 0 Å². The molecule has 0 aromatic carbocycles. The number of rotatable bonds is 5. The van der Waals surface area contributed by atoms with Crippen LogP contribution >= 0.6 is 71.9 Å². The van der Waals surface area contributed by atoms with Gasteiger partial charge in [0.05, 0.1) is 0 Å². The average Bonchev–Trinajstić information content (AvgIpc) is 1.88. The number of nitrogens with two attached hydrogens (primary N) is 2. The van der Waals surface area contributed by atoms with Crippen LogP contribution in [0, 0.1) is 0 Å². The maximum Gasteiger partial charge on any atom is 0.320 e. The van der Waals surface area contributed by atoms with Gasteiger partial charge in [0.2, 0.25) is 0 Å². The molecule has 0 spiro atoms. The maximum atomic E-state index is 10.1. The first-order chi connectivity index (χ1) is 4.68. The van der Waals surface area contributed by atoms with Crippen molar-refractivity contribution in [2.45, 2.75) is 25.3 Å². The first kappa shape index (κ1) is 24.0. The molecule has 0 aromatic heterocycles. The van der Waals surface area contributed by atoms with Crippen LogP contribution in [0.3, 0.4) is 0 Å². The summed E-state index contributed by atoms with van der Waals surface area (Å²) in [5, 5.41) is 8.33. The number of hydrogen-bond acceptors (Lipinski definition) is 3. The van der Waals surface area contributed by atoms with E-state index >= 15 is 0 Å². The fraction of sp³-hybridized carbons (Fsp3) is 0.833. The van der Waals surface area contributed by atoms with Gasteiger partial charge < -0.3 is 16.6 Å². The van der Waals surface area contributed by atoms with Gasteiger partial charge in [-0.3, -0.25) is 4.79 Å². The largest absolute Gasteiger partial charge is 0.480 e. The van der Waals surface area contributed by atoms with Gasteiger partial charge in [-0.15, -0.1) is 71.9 Å². The molecule has 0 fully saturated rings.